The van der Waals surface area contributed by atoms with Crippen LogP contribution in [-0.2, 0) is 21.4 Å². The molecule has 7 nitrogen and oxygen atoms in total. The molecule has 0 N–H and O–H groups in total. The lowest BCUT2D eigenvalue weighted by Crippen LogP contribution is -2.44. The minimum atomic E-state index is -4.09. The number of piperidine rings is 1. The first-order valence-corrected chi connectivity index (χ1v) is 12.2. The molecule has 1 fully saturated rings. The average molecular weight is 457 g/mol. The van der Waals surface area contributed by atoms with E-state index in [-0.39, 0.29) is 11.4 Å². The van der Waals surface area contributed by atoms with Gasteiger partial charge in [-0.2, -0.15) is 0 Å². The quantitative estimate of drug-likeness (QED) is 0.684. The highest BCUT2D eigenvalue weighted by Crippen LogP contribution is 2.45. The maximum atomic E-state index is 13.9. The van der Waals surface area contributed by atoms with Gasteiger partial charge in [-0.1, -0.05) is 30.3 Å². The fourth-order valence-corrected chi connectivity index (χ4v) is 6.16. The normalized spacial score (nSPS) is 17.7. The van der Waals surface area contributed by atoms with E-state index in [1.165, 1.54) is 18.5 Å². The van der Waals surface area contributed by atoms with Crippen molar-refractivity contribution < 1.29 is 22.7 Å². The van der Waals surface area contributed by atoms with Crippen molar-refractivity contribution in [1.82, 2.24) is 4.90 Å². The second-order valence-electron chi connectivity index (χ2n) is 8.03. The van der Waals surface area contributed by atoms with Gasteiger partial charge in [0.05, 0.1) is 26.5 Å². The Labute approximate surface area is 189 Å². The van der Waals surface area contributed by atoms with Crippen molar-refractivity contribution in [3.05, 3.63) is 58.5 Å². The van der Waals surface area contributed by atoms with Crippen LogP contribution in [0.25, 0.3) is 5.57 Å². The number of benzene rings is 2. The number of hydrogen-bond acceptors (Lipinski definition) is 5. The van der Waals surface area contributed by atoms with E-state index in [0.717, 1.165) is 24.8 Å². The molecule has 0 bridgehead atoms. The Morgan fingerprint density at radius 3 is 2.22 bits per heavy atom. The molecular weight excluding hydrogens is 428 g/mol. The molecule has 1 amide bonds. The lowest BCUT2D eigenvalue weighted by atomic mass is 10.0. The molecule has 0 saturated carbocycles. The topological polar surface area (TPSA) is 76.1 Å². The summed E-state index contributed by atoms with van der Waals surface area (Å²) in [4.78, 5) is 15.0. The van der Waals surface area contributed by atoms with Crippen molar-refractivity contribution in [2.24, 2.45) is 0 Å². The largest absolute Gasteiger partial charge is 0.493 e. The number of likely N-dealkylation sites (tertiary alicyclic amines) is 1. The van der Waals surface area contributed by atoms with Crippen molar-refractivity contribution in [1.29, 1.82) is 0 Å². The van der Waals surface area contributed by atoms with Crippen molar-refractivity contribution in [2.75, 3.05) is 31.6 Å². The maximum Gasteiger partial charge on any atom is 0.270 e. The van der Waals surface area contributed by atoms with Crippen LogP contribution < -0.4 is 13.8 Å². The third kappa shape index (κ3) is 3.83. The fourth-order valence-electron chi connectivity index (χ4n) is 4.36. The number of ether oxygens (including phenoxy) is 2. The van der Waals surface area contributed by atoms with E-state index in [2.05, 4.69) is 0 Å². The molecule has 2 aliphatic rings. The van der Waals surface area contributed by atoms with E-state index < -0.39 is 15.9 Å². The lowest BCUT2D eigenvalue weighted by molar-refractivity contribution is -0.127. The van der Waals surface area contributed by atoms with Crippen LogP contribution in [0.4, 0.5) is 5.69 Å². The second-order valence-corrected chi connectivity index (χ2v) is 9.83. The summed E-state index contributed by atoms with van der Waals surface area (Å²) in [6, 6.07) is 12.8. The molecule has 170 valence electrons. The van der Waals surface area contributed by atoms with Gasteiger partial charge < -0.3 is 14.4 Å². The summed E-state index contributed by atoms with van der Waals surface area (Å²) in [5.41, 5.74) is 2.37. The van der Waals surface area contributed by atoms with Crippen LogP contribution in [0, 0.1) is 0 Å². The molecule has 2 aromatic carbocycles. The number of methoxy groups -OCH3 is 2. The van der Waals surface area contributed by atoms with E-state index in [1.807, 2.05) is 30.3 Å². The fraction of sp³-hybridized carbons (Fsp3) is 0.375. The van der Waals surface area contributed by atoms with Gasteiger partial charge in [-0.3, -0.25) is 9.10 Å². The molecule has 2 aromatic rings. The van der Waals surface area contributed by atoms with Gasteiger partial charge in [0.25, 0.3) is 15.9 Å². The SMILES string of the molecule is COc1cc2c(cc1OC)N(Cc1ccccc1)S(=O)(=O)C(C(=O)N1CCCCC1)=C2C. The van der Waals surface area contributed by atoms with Crippen LogP contribution in [0.1, 0.15) is 37.3 Å². The Morgan fingerprint density at radius 1 is 0.969 bits per heavy atom. The molecule has 0 radical (unpaired) electrons. The molecule has 4 rings (SSSR count). The number of anilines is 1. The monoisotopic (exact) mass is 456 g/mol. The summed E-state index contributed by atoms with van der Waals surface area (Å²) in [5, 5.41) is 0. The minimum absolute atomic E-state index is 0.107. The molecule has 0 unspecified atom stereocenters. The van der Waals surface area contributed by atoms with Gasteiger partial charge in [0.1, 0.15) is 0 Å². The van der Waals surface area contributed by atoms with Crippen LogP contribution in [0.15, 0.2) is 47.4 Å². The highest BCUT2D eigenvalue weighted by atomic mass is 32.2. The number of carbonyl (C=O) groups is 1. The van der Waals surface area contributed by atoms with Crippen LogP contribution in [0.5, 0.6) is 11.5 Å². The van der Waals surface area contributed by atoms with Gasteiger partial charge in [-0.25, -0.2) is 8.42 Å². The minimum Gasteiger partial charge on any atom is -0.493 e. The first-order chi connectivity index (χ1) is 15.4. The number of amides is 1. The predicted octanol–water partition coefficient (Wildman–Crippen LogP) is 3.80. The van der Waals surface area contributed by atoms with E-state index in [1.54, 1.807) is 24.0 Å². The van der Waals surface area contributed by atoms with Crippen LogP contribution >= 0.6 is 0 Å². The average Bonchev–Trinajstić information content (AvgIpc) is 2.82. The zero-order valence-corrected chi connectivity index (χ0v) is 19.4. The molecule has 32 heavy (non-hydrogen) atoms. The maximum absolute atomic E-state index is 13.9. The van der Waals surface area contributed by atoms with E-state index in [4.69, 9.17) is 9.47 Å². The Bertz CT molecular complexity index is 1150. The summed E-state index contributed by atoms with van der Waals surface area (Å²) >= 11 is 0. The van der Waals surface area contributed by atoms with Gasteiger partial charge in [0, 0.05) is 24.7 Å². The smallest absolute Gasteiger partial charge is 0.270 e. The molecule has 0 atom stereocenters. The van der Waals surface area contributed by atoms with Crippen LogP contribution in [-0.4, -0.2) is 46.5 Å². The van der Waals surface area contributed by atoms with E-state index in [9.17, 15) is 13.2 Å². The summed E-state index contributed by atoms with van der Waals surface area (Å²) in [6.45, 7) is 2.94. The Kier molecular flexibility index (Phi) is 6.15. The zero-order valence-electron chi connectivity index (χ0n) is 18.6. The summed E-state index contributed by atoms with van der Waals surface area (Å²) in [6.07, 6.45) is 2.81. The van der Waals surface area contributed by atoms with Gasteiger partial charge >= 0.3 is 0 Å². The van der Waals surface area contributed by atoms with Crippen molar-refractivity contribution >= 4 is 27.2 Å². The second kappa shape index (κ2) is 8.86. The van der Waals surface area contributed by atoms with Crippen LogP contribution in [0.3, 0.4) is 0 Å². The Morgan fingerprint density at radius 2 is 1.59 bits per heavy atom. The first-order valence-electron chi connectivity index (χ1n) is 10.7. The van der Waals surface area contributed by atoms with Crippen LogP contribution in [0.2, 0.25) is 0 Å². The van der Waals surface area contributed by atoms with Gasteiger partial charge in [-0.15, -0.1) is 0 Å². The molecule has 2 heterocycles. The van der Waals surface area contributed by atoms with Crippen molar-refractivity contribution in [3.8, 4) is 11.5 Å². The van der Waals surface area contributed by atoms with Gasteiger partial charge in [-0.05, 0) is 43.4 Å². The van der Waals surface area contributed by atoms with E-state index >= 15 is 0 Å². The van der Waals surface area contributed by atoms with E-state index in [0.29, 0.717) is 41.4 Å². The van der Waals surface area contributed by atoms with Crippen molar-refractivity contribution in [2.45, 2.75) is 32.7 Å². The third-order valence-electron chi connectivity index (χ3n) is 6.07. The highest BCUT2D eigenvalue weighted by molar-refractivity contribution is 7.97. The van der Waals surface area contributed by atoms with Gasteiger partial charge in [0.2, 0.25) is 0 Å². The standard InChI is InChI=1S/C24H28N2O5S/c1-17-19-14-21(30-2)22(31-3)15-20(19)26(16-18-10-6-4-7-11-18)32(28,29)23(17)24(27)25-12-8-5-9-13-25/h4,6-7,10-11,14-15H,5,8-9,12-13,16H2,1-3H3. The first kappa shape index (κ1) is 22.2. The highest BCUT2D eigenvalue weighted by Gasteiger charge is 2.42. The number of allylic oxidation sites excluding steroid dienone is 1. The number of fused-ring (bicyclic) bond motifs is 1. The Balaban J connectivity index is 1.91. The zero-order chi connectivity index (χ0) is 22.9. The van der Waals surface area contributed by atoms with Gasteiger partial charge in [0.15, 0.2) is 16.4 Å². The number of nitrogens with zero attached hydrogens (tertiary/aromatic N) is 2. The lowest BCUT2D eigenvalue weighted by Gasteiger charge is -2.35. The number of sulfonamides is 1. The molecule has 2 aliphatic heterocycles. The molecular formula is C24H28N2O5S. The van der Waals surface area contributed by atoms with Crippen molar-refractivity contribution in [3.63, 3.8) is 0 Å². The molecule has 1 saturated heterocycles. The molecule has 8 heteroatoms. The molecule has 0 aromatic heterocycles. The Hall–Kier alpha value is -3.00. The molecule has 0 spiro atoms. The number of hydrogen-bond donors (Lipinski definition) is 0. The summed E-state index contributed by atoms with van der Waals surface area (Å²) in [7, 11) is -1.05. The third-order valence-corrected chi connectivity index (χ3v) is 7.97. The predicted molar refractivity (Wildman–Crippen MR) is 124 cm³/mol. The number of rotatable bonds is 5. The number of carbonyl (C=O) groups excluding carboxylic acids is 1. The summed E-state index contributed by atoms with van der Waals surface area (Å²) < 4.78 is 40.0. The summed E-state index contributed by atoms with van der Waals surface area (Å²) in [5.74, 6) is 0.480. The molecule has 0 aliphatic carbocycles.